The minimum Gasteiger partial charge on any atom is -0.271 e. The number of alkyl halides is 3. The summed E-state index contributed by atoms with van der Waals surface area (Å²) in [6.45, 7) is 2.19. The molecular weight excluding hydrogens is 253 g/mol. The molecule has 0 bridgehead atoms. The predicted octanol–water partition coefficient (Wildman–Crippen LogP) is 4.69. The molecular formula is C14H29F3N2. The number of halogens is 3. The molecule has 0 aromatic heterocycles. The average Bonchev–Trinajstić information content (AvgIpc) is 2.34. The Hall–Kier alpha value is -0.290. The quantitative estimate of drug-likeness (QED) is 0.309. The Labute approximate surface area is 115 Å². The van der Waals surface area contributed by atoms with Crippen LogP contribution in [0.3, 0.4) is 0 Å². The summed E-state index contributed by atoms with van der Waals surface area (Å²) in [5, 5.41) is 0. The van der Waals surface area contributed by atoms with Crippen molar-refractivity contribution >= 4 is 0 Å². The molecule has 3 N–H and O–H groups in total. The van der Waals surface area contributed by atoms with Gasteiger partial charge in [-0.25, -0.2) is 0 Å². The van der Waals surface area contributed by atoms with E-state index in [-0.39, 0.29) is 12.5 Å². The summed E-state index contributed by atoms with van der Waals surface area (Å²) in [6, 6.07) is 0.0259. The highest BCUT2D eigenvalue weighted by atomic mass is 19.4. The number of nitrogens with one attached hydrogen (secondary N) is 1. The number of rotatable bonds is 12. The van der Waals surface area contributed by atoms with Crippen LogP contribution in [0.15, 0.2) is 0 Å². The van der Waals surface area contributed by atoms with Crippen LogP contribution in [0, 0.1) is 0 Å². The van der Waals surface area contributed by atoms with Gasteiger partial charge in [-0.15, -0.1) is 0 Å². The van der Waals surface area contributed by atoms with Crippen molar-refractivity contribution in [3.05, 3.63) is 0 Å². The van der Waals surface area contributed by atoms with Gasteiger partial charge in [0.2, 0.25) is 0 Å². The maximum absolute atomic E-state index is 12.0. The van der Waals surface area contributed by atoms with Gasteiger partial charge in [0.05, 0.1) is 0 Å². The van der Waals surface area contributed by atoms with Gasteiger partial charge in [0.25, 0.3) is 0 Å². The Morgan fingerprint density at radius 1 is 0.895 bits per heavy atom. The van der Waals surface area contributed by atoms with Gasteiger partial charge in [-0.05, 0) is 19.3 Å². The number of unbranched alkanes of at least 4 members (excludes halogenated alkanes) is 6. The summed E-state index contributed by atoms with van der Waals surface area (Å²) >= 11 is 0. The van der Waals surface area contributed by atoms with Crippen LogP contribution in [0.2, 0.25) is 0 Å². The summed E-state index contributed by atoms with van der Waals surface area (Å²) < 4.78 is 36.0. The van der Waals surface area contributed by atoms with E-state index in [9.17, 15) is 13.2 Å². The average molecular weight is 282 g/mol. The fourth-order valence-electron chi connectivity index (χ4n) is 2.21. The summed E-state index contributed by atoms with van der Waals surface area (Å²) in [4.78, 5) is 0. The normalized spacial score (nSPS) is 13.7. The van der Waals surface area contributed by atoms with Crippen molar-refractivity contribution in [1.82, 2.24) is 5.43 Å². The topological polar surface area (TPSA) is 38.0 Å². The minimum absolute atomic E-state index is 0.0259. The predicted molar refractivity (Wildman–Crippen MR) is 73.6 cm³/mol. The van der Waals surface area contributed by atoms with Crippen LogP contribution in [0.5, 0.6) is 0 Å². The SMILES string of the molecule is CCCCCCCCCC(CCCC(F)(F)F)NN. The highest BCUT2D eigenvalue weighted by Crippen LogP contribution is 2.23. The fraction of sp³-hybridized carbons (Fsp3) is 1.00. The lowest BCUT2D eigenvalue weighted by molar-refractivity contribution is -0.135. The van der Waals surface area contributed by atoms with Crippen LogP contribution >= 0.6 is 0 Å². The molecule has 0 saturated carbocycles. The van der Waals surface area contributed by atoms with Crippen molar-refractivity contribution in [2.24, 2.45) is 5.84 Å². The van der Waals surface area contributed by atoms with Gasteiger partial charge in [-0.3, -0.25) is 11.3 Å². The lowest BCUT2D eigenvalue weighted by Crippen LogP contribution is -2.35. The Balaban J connectivity index is 3.44. The maximum Gasteiger partial charge on any atom is 0.389 e. The first kappa shape index (κ1) is 18.7. The molecule has 0 amide bonds. The van der Waals surface area contributed by atoms with Gasteiger partial charge < -0.3 is 0 Å². The zero-order valence-corrected chi connectivity index (χ0v) is 12.1. The van der Waals surface area contributed by atoms with Crippen LogP contribution < -0.4 is 11.3 Å². The third-order valence-corrected chi connectivity index (χ3v) is 3.40. The molecule has 19 heavy (non-hydrogen) atoms. The molecule has 116 valence electrons. The van der Waals surface area contributed by atoms with Crippen molar-refractivity contribution in [3.63, 3.8) is 0 Å². The molecule has 0 fully saturated rings. The van der Waals surface area contributed by atoms with Crippen LogP contribution in [0.1, 0.15) is 77.6 Å². The third kappa shape index (κ3) is 13.9. The van der Waals surface area contributed by atoms with Gasteiger partial charge in [-0.1, -0.05) is 51.9 Å². The third-order valence-electron chi connectivity index (χ3n) is 3.40. The van der Waals surface area contributed by atoms with Crippen LogP contribution in [-0.2, 0) is 0 Å². The van der Waals surface area contributed by atoms with Crippen molar-refractivity contribution in [1.29, 1.82) is 0 Å². The molecule has 0 heterocycles. The molecule has 0 radical (unpaired) electrons. The Kier molecular flexibility index (Phi) is 11.4. The molecule has 1 atom stereocenters. The fourth-order valence-corrected chi connectivity index (χ4v) is 2.21. The maximum atomic E-state index is 12.0. The molecule has 2 nitrogen and oxygen atoms in total. The van der Waals surface area contributed by atoms with E-state index in [1.807, 2.05) is 0 Å². The molecule has 0 aromatic carbocycles. The molecule has 0 aliphatic carbocycles. The molecule has 0 spiro atoms. The molecule has 0 saturated heterocycles. The second-order valence-electron chi connectivity index (χ2n) is 5.28. The van der Waals surface area contributed by atoms with Crippen molar-refractivity contribution in [2.75, 3.05) is 0 Å². The first-order valence-corrected chi connectivity index (χ1v) is 7.52. The van der Waals surface area contributed by atoms with Crippen molar-refractivity contribution in [3.8, 4) is 0 Å². The summed E-state index contributed by atoms with van der Waals surface area (Å²) in [5.74, 6) is 5.37. The largest absolute Gasteiger partial charge is 0.389 e. The van der Waals surface area contributed by atoms with E-state index in [2.05, 4.69) is 12.3 Å². The van der Waals surface area contributed by atoms with Crippen LogP contribution in [-0.4, -0.2) is 12.2 Å². The monoisotopic (exact) mass is 282 g/mol. The van der Waals surface area contributed by atoms with Gasteiger partial charge in [-0.2, -0.15) is 13.2 Å². The second-order valence-corrected chi connectivity index (χ2v) is 5.28. The number of hydrogen-bond donors (Lipinski definition) is 2. The van der Waals surface area contributed by atoms with E-state index in [1.165, 1.54) is 32.1 Å². The summed E-state index contributed by atoms with van der Waals surface area (Å²) in [5.41, 5.74) is 2.63. The molecule has 0 aliphatic rings. The van der Waals surface area contributed by atoms with Crippen molar-refractivity contribution in [2.45, 2.75) is 89.8 Å². The molecule has 5 heteroatoms. The lowest BCUT2D eigenvalue weighted by atomic mass is 10.0. The van der Waals surface area contributed by atoms with Gasteiger partial charge in [0.15, 0.2) is 0 Å². The highest BCUT2D eigenvalue weighted by Gasteiger charge is 2.26. The van der Waals surface area contributed by atoms with E-state index in [4.69, 9.17) is 5.84 Å². The molecule has 0 rings (SSSR count). The zero-order chi connectivity index (χ0) is 14.6. The van der Waals surface area contributed by atoms with E-state index in [1.54, 1.807) is 0 Å². The van der Waals surface area contributed by atoms with Crippen molar-refractivity contribution < 1.29 is 13.2 Å². The second kappa shape index (κ2) is 11.5. The molecule has 0 aromatic rings. The Morgan fingerprint density at radius 3 is 1.95 bits per heavy atom. The van der Waals surface area contributed by atoms with Crippen LogP contribution in [0.4, 0.5) is 13.2 Å². The zero-order valence-electron chi connectivity index (χ0n) is 12.1. The molecule has 1 unspecified atom stereocenters. The highest BCUT2D eigenvalue weighted by molar-refractivity contribution is 4.65. The van der Waals surface area contributed by atoms with Gasteiger partial charge in [0, 0.05) is 12.5 Å². The smallest absolute Gasteiger partial charge is 0.271 e. The summed E-state index contributed by atoms with van der Waals surface area (Å²) in [7, 11) is 0. The Morgan fingerprint density at radius 2 is 1.42 bits per heavy atom. The van der Waals surface area contributed by atoms with E-state index in [0.29, 0.717) is 6.42 Å². The van der Waals surface area contributed by atoms with E-state index < -0.39 is 12.6 Å². The number of nitrogens with two attached hydrogens (primary N) is 1. The number of hydrazine groups is 1. The van der Waals surface area contributed by atoms with E-state index >= 15 is 0 Å². The minimum atomic E-state index is -4.04. The lowest BCUT2D eigenvalue weighted by Gasteiger charge is -2.16. The Bertz CT molecular complexity index is 196. The van der Waals surface area contributed by atoms with Crippen LogP contribution in [0.25, 0.3) is 0 Å². The standard InChI is InChI=1S/C14H29F3N2/c1-2-3-4-5-6-7-8-10-13(19-18)11-9-12-14(15,16)17/h13,19H,2-12,18H2,1H3. The van der Waals surface area contributed by atoms with Gasteiger partial charge in [0.1, 0.15) is 0 Å². The molecule has 0 aliphatic heterocycles. The summed E-state index contributed by atoms with van der Waals surface area (Å²) in [6.07, 6.45) is 5.32. The van der Waals surface area contributed by atoms with Gasteiger partial charge >= 0.3 is 6.18 Å². The first-order valence-electron chi connectivity index (χ1n) is 7.52. The number of hydrogen-bond acceptors (Lipinski definition) is 2. The first-order chi connectivity index (χ1) is 8.99. The van der Waals surface area contributed by atoms with E-state index in [0.717, 1.165) is 19.3 Å².